The lowest BCUT2D eigenvalue weighted by Crippen LogP contribution is -2.41. The van der Waals surface area contributed by atoms with Crippen molar-refractivity contribution in [3.63, 3.8) is 0 Å². The predicted octanol–water partition coefficient (Wildman–Crippen LogP) is 16.9. The van der Waals surface area contributed by atoms with Gasteiger partial charge < -0.3 is 18.4 Å². The van der Waals surface area contributed by atoms with E-state index in [1.54, 1.807) is 12.1 Å². The lowest BCUT2D eigenvalue weighted by atomic mass is 9.77. The zero-order valence-corrected chi connectivity index (χ0v) is 43.7. The molecule has 0 saturated carbocycles. The van der Waals surface area contributed by atoms with Gasteiger partial charge in [0.1, 0.15) is 6.07 Å². The number of halogens is 3. The highest BCUT2D eigenvalue weighted by Gasteiger charge is 2.52. The van der Waals surface area contributed by atoms with Gasteiger partial charge in [-0.25, -0.2) is 14.5 Å². The maximum Gasteiger partial charge on any atom is 0.495 e. The fraction of sp³-hybridized carbons (Fsp3) is 0.103. The molecule has 1 aliphatic rings. The summed E-state index contributed by atoms with van der Waals surface area (Å²) in [6, 6.07) is 58.1. The van der Waals surface area contributed by atoms with E-state index in [2.05, 4.69) is 145 Å². The van der Waals surface area contributed by atoms with E-state index < -0.39 is 18.3 Å². The normalized spacial score (nSPS) is 13.4. The Balaban J connectivity index is 0.000000146. The van der Waals surface area contributed by atoms with Gasteiger partial charge >= 0.3 is 7.12 Å². The molecule has 10 aromatic rings. The number of fused-ring (bicyclic) bond motifs is 6. The van der Waals surface area contributed by atoms with Crippen molar-refractivity contribution in [1.29, 1.82) is 5.26 Å². The number of benzene rings is 8. The Bertz CT molecular complexity index is 3750. The quantitative estimate of drug-likeness (QED) is 0.100. The zero-order valence-electron chi connectivity index (χ0n) is 38.4. The summed E-state index contributed by atoms with van der Waals surface area (Å²) in [5, 5.41) is 14.1. The van der Waals surface area contributed by atoms with Crippen LogP contribution in [0, 0.1) is 34.6 Å². The Kier molecular flexibility index (Phi) is 13.6. The summed E-state index contributed by atoms with van der Waals surface area (Å²) >= 11 is 9.11. The average Bonchev–Trinajstić information content (AvgIpc) is 3.97. The standard InChI is InChI=1S/C26H14BrN3.C25H23BN2O2.C7H3BrIN/c1-29-22-13-7-12-21(20-11-6-8-17(16-28)25(20)27)26(22)30-23-14-4-2-9-18(23)19-10-3-5-15-24(19)30;1-24(2)25(3,4)30-26(29-24)19-13-10-14-20(27-5)23(19)28-21-15-8-6-11-17(21)18-12-7-9-16-22(18)28;1-10-6-4-2-3-5(9)7(6)8/h2-15H;6-16H,1-4H3;2-4H. The van der Waals surface area contributed by atoms with Gasteiger partial charge in [0.25, 0.3) is 0 Å². The summed E-state index contributed by atoms with van der Waals surface area (Å²) in [4.78, 5) is 11.0. The molecule has 0 N–H and O–H groups in total. The topological polar surface area (TPSA) is 65.2 Å². The molecule has 1 fully saturated rings. The first kappa shape index (κ1) is 48.0. The Morgan fingerprint density at radius 2 is 0.900 bits per heavy atom. The van der Waals surface area contributed by atoms with Crippen LogP contribution in [0.1, 0.15) is 33.3 Å². The van der Waals surface area contributed by atoms with Crippen molar-refractivity contribution in [2.24, 2.45) is 0 Å². The van der Waals surface area contributed by atoms with E-state index in [0.717, 1.165) is 84.1 Å². The predicted molar refractivity (Wildman–Crippen MR) is 301 cm³/mol. The molecule has 0 aliphatic carbocycles. The molecule has 1 saturated heterocycles. The van der Waals surface area contributed by atoms with Gasteiger partial charge in [0.05, 0.1) is 69.9 Å². The fourth-order valence-electron chi connectivity index (χ4n) is 8.85. The van der Waals surface area contributed by atoms with Crippen molar-refractivity contribution < 1.29 is 9.31 Å². The van der Waals surface area contributed by atoms with Crippen molar-refractivity contribution in [3.8, 4) is 28.6 Å². The maximum atomic E-state index is 9.49. The van der Waals surface area contributed by atoms with E-state index >= 15 is 0 Å². The number of hydrogen-bond acceptors (Lipinski definition) is 3. The summed E-state index contributed by atoms with van der Waals surface area (Å²) in [6.45, 7) is 30.7. The molecule has 0 atom stereocenters. The monoisotopic (exact) mass is 1150 g/mol. The van der Waals surface area contributed by atoms with Gasteiger partial charge in [-0.15, -0.1) is 0 Å². The van der Waals surface area contributed by atoms with Crippen molar-refractivity contribution >= 4 is 128 Å². The highest BCUT2D eigenvalue weighted by molar-refractivity contribution is 14.1. The summed E-state index contributed by atoms with van der Waals surface area (Å²) in [5.74, 6) is 0. The molecule has 8 nitrogen and oxygen atoms in total. The highest BCUT2D eigenvalue weighted by atomic mass is 127. The molecular formula is C58H40BBr2IN6O2. The van der Waals surface area contributed by atoms with Crippen LogP contribution in [0.25, 0.3) is 80.6 Å². The van der Waals surface area contributed by atoms with Crippen LogP contribution in [-0.4, -0.2) is 27.5 Å². The van der Waals surface area contributed by atoms with E-state index in [0.29, 0.717) is 22.6 Å². The second-order valence-corrected chi connectivity index (χ2v) is 20.2. The van der Waals surface area contributed by atoms with Gasteiger partial charge in [-0.05, 0) is 113 Å². The Labute approximate surface area is 437 Å². The van der Waals surface area contributed by atoms with E-state index in [-0.39, 0.29) is 0 Å². The second kappa shape index (κ2) is 19.8. The van der Waals surface area contributed by atoms with E-state index in [9.17, 15) is 5.26 Å². The van der Waals surface area contributed by atoms with Gasteiger partial charge in [-0.1, -0.05) is 155 Å². The largest absolute Gasteiger partial charge is 0.495 e. The summed E-state index contributed by atoms with van der Waals surface area (Å²) in [6.07, 6.45) is 0. The molecule has 0 amide bonds. The van der Waals surface area contributed by atoms with E-state index in [1.165, 1.54) is 0 Å². The summed E-state index contributed by atoms with van der Waals surface area (Å²) < 4.78 is 19.8. The fourth-order valence-corrected chi connectivity index (χ4v) is 10.3. The molecule has 0 radical (unpaired) electrons. The third kappa shape index (κ3) is 8.58. The number of aromatic nitrogens is 2. The van der Waals surface area contributed by atoms with Gasteiger partial charge in [0, 0.05) is 34.1 Å². The van der Waals surface area contributed by atoms with Crippen LogP contribution in [0.4, 0.5) is 17.1 Å². The van der Waals surface area contributed by atoms with Gasteiger partial charge in [0.15, 0.2) is 0 Å². The van der Waals surface area contributed by atoms with Crippen LogP contribution in [0.15, 0.2) is 179 Å². The lowest BCUT2D eigenvalue weighted by molar-refractivity contribution is 0.00578. The van der Waals surface area contributed by atoms with Crippen LogP contribution >= 0.6 is 54.5 Å². The lowest BCUT2D eigenvalue weighted by Gasteiger charge is -2.32. The first-order valence-electron chi connectivity index (χ1n) is 22.2. The van der Waals surface area contributed by atoms with E-state index in [4.69, 9.17) is 29.0 Å². The smallest absolute Gasteiger partial charge is 0.399 e. The molecule has 0 spiro atoms. The van der Waals surface area contributed by atoms with Gasteiger partial charge in [-0.3, -0.25) is 0 Å². The maximum absolute atomic E-state index is 9.49. The molecule has 11 rings (SSSR count). The number of rotatable bonds is 4. The van der Waals surface area contributed by atoms with Crippen LogP contribution in [0.5, 0.6) is 0 Å². The minimum atomic E-state index is -0.549. The van der Waals surface area contributed by atoms with Crippen molar-refractivity contribution in [2.75, 3.05) is 0 Å². The zero-order chi connectivity index (χ0) is 49.3. The number of para-hydroxylation sites is 6. The third-order valence-electron chi connectivity index (χ3n) is 12.9. The molecule has 338 valence electrons. The Morgan fingerprint density at radius 3 is 1.37 bits per heavy atom. The first-order valence-corrected chi connectivity index (χ1v) is 24.8. The van der Waals surface area contributed by atoms with Crippen LogP contribution < -0.4 is 5.46 Å². The van der Waals surface area contributed by atoms with Crippen LogP contribution in [0.3, 0.4) is 0 Å². The molecule has 0 bridgehead atoms. The minimum Gasteiger partial charge on any atom is -0.399 e. The molecule has 3 heterocycles. The molecule has 1 aliphatic heterocycles. The summed E-state index contributed by atoms with van der Waals surface area (Å²) in [5.41, 5.74) is 9.98. The SMILES string of the molecule is [C-]#[N+]c1cccc(-c2cccc(C#N)c2Br)c1-n1c2ccccc2c2ccccc21.[C-]#[N+]c1cccc(B2OC(C)(C)C(C)(C)O2)c1-n1c2ccccc2c2ccccc21.[C-]#[N+]c1cccc(I)c1Br. The second-order valence-electron chi connectivity index (χ2n) is 17.4. The molecule has 0 unspecified atom stereocenters. The molecule has 70 heavy (non-hydrogen) atoms. The minimum absolute atomic E-state index is 0.454. The van der Waals surface area contributed by atoms with Crippen molar-refractivity contribution in [1.82, 2.24) is 9.13 Å². The molecule has 12 heteroatoms. The summed E-state index contributed by atoms with van der Waals surface area (Å²) in [7, 11) is -0.549. The third-order valence-corrected chi connectivity index (χ3v) is 16.2. The highest BCUT2D eigenvalue weighted by Crippen LogP contribution is 2.44. The molecule has 8 aromatic carbocycles. The van der Waals surface area contributed by atoms with Gasteiger partial charge in [-0.2, -0.15) is 5.26 Å². The average molecular weight is 1150 g/mol. The number of hydrogen-bond donors (Lipinski definition) is 0. The van der Waals surface area contributed by atoms with Crippen molar-refractivity contribution in [3.05, 3.63) is 222 Å². The van der Waals surface area contributed by atoms with Crippen LogP contribution in [-0.2, 0) is 9.31 Å². The van der Waals surface area contributed by atoms with Crippen LogP contribution in [0.2, 0.25) is 0 Å². The molecular weight excluding hydrogens is 1110 g/mol. The Hall–Kier alpha value is -7.01. The Morgan fingerprint density at radius 1 is 0.500 bits per heavy atom. The van der Waals surface area contributed by atoms with E-state index in [1.807, 2.05) is 125 Å². The van der Waals surface area contributed by atoms with Gasteiger partial charge in [0.2, 0.25) is 17.1 Å². The number of nitriles is 1. The first-order chi connectivity index (χ1) is 33.8. The van der Waals surface area contributed by atoms with Crippen molar-refractivity contribution in [2.45, 2.75) is 38.9 Å². The number of nitrogens with zero attached hydrogens (tertiary/aromatic N) is 6. The molecule has 2 aromatic heterocycles.